The van der Waals surface area contributed by atoms with Gasteiger partial charge in [-0.2, -0.15) is 5.10 Å². The molecule has 2 heterocycles. The van der Waals surface area contributed by atoms with Gasteiger partial charge in [-0.3, -0.25) is 9.59 Å². The van der Waals surface area contributed by atoms with Crippen LogP contribution in [0.15, 0.2) is 23.3 Å². The van der Waals surface area contributed by atoms with E-state index in [9.17, 15) is 9.59 Å². The van der Waals surface area contributed by atoms with E-state index in [2.05, 4.69) is 16.6 Å². The minimum atomic E-state index is -0.139. The highest BCUT2D eigenvalue weighted by Gasteiger charge is 2.29. The van der Waals surface area contributed by atoms with Crippen molar-refractivity contribution in [3.63, 3.8) is 0 Å². The zero-order valence-electron chi connectivity index (χ0n) is 12.0. The number of fused-ring (bicyclic) bond motifs is 1. The molecule has 0 saturated carbocycles. The lowest BCUT2D eigenvalue weighted by molar-refractivity contribution is -0.116. The molecule has 3 rings (SSSR count). The second-order valence-corrected chi connectivity index (χ2v) is 6.56. The molecule has 2 aliphatic rings. The molecular weight excluding hydrogens is 286 g/mol. The summed E-state index contributed by atoms with van der Waals surface area (Å²) in [5, 5.41) is 4.06. The minimum absolute atomic E-state index is 0.0269. The first-order valence-electron chi connectivity index (χ1n) is 7.02. The van der Waals surface area contributed by atoms with Crippen LogP contribution in [0.1, 0.15) is 31.4 Å². The second kappa shape index (κ2) is 5.52. The Labute approximate surface area is 127 Å². The van der Waals surface area contributed by atoms with Crippen molar-refractivity contribution in [1.82, 2.24) is 5.43 Å². The van der Waals surface area contributed by atoms with Gasteiger partial charge >= 0.3 is 0 Å². The zero-order valence-corrected chi connectivity index (χ0v) is 12.9. The summed E-state index contributed by atoms with van der Waals surface area (Å²) in [4.78, 5) is 25.2. The van der Waals surface area contributed by atoms with Crippen molar-refractivity contribution < 1.29 is 9.59 Å². The molecule has 1 aromatic carbocycles. The number of benzene rings is 1. The Balaban J connectivity index is 2.12. The van der Waals surface area contributed by atoms with Crippen LogP contribution < -0.4 is 10.3 Å². The van der Waals surface area contributed by atoms with Gasteiger partial charge < -0.3 is 4.90 Å². The predicted molar refractivity (Wildman–Crippen MR) is 84.9 cm³/mol. The maximum Gasteiger partial charge on any atom is 0.299 e. The second-order valence-electron chi connectivity index (χ2n) is 5.24. The Bertz CT molecular complexity index is 642. The van der Waals surface area contributed by atoms with Crippen LogP contribution in [-0.2, 0) is 11.2 Å². The molecule has 0 bridgehead atoms. The fourth-order valence-electron chi connectivity index (χ4n) is 2.89. The lowest BCUT2D eigenvalue weighted by Gasteiger charge is -2.32. The van der Waals surface area contributed by atoms with Gasteiger partial charge in [0.25, 0.3) is 5.24 Å². The molecular formula is C15H17N3O2S. The van der Waals surface area contributed by atoms with Crippen LogP contribution in [0.2, 0.25) is 0 Å². The summed E-state index contributed by atoms with van der Waals surface area (Å²) in [5.41, 5.74) is 6.42. The summed E-state index contributed by atoms with van der Waals surface area (Å²) in [6, 6.07) is 6.04. The Morgan fingerprint density at radius 3 is 3.00 bits per heavy atom. The number of carbonyl (C=O) groups excluding carboxylic acids is 2. The van der Waals surface area contributed by atoms with Gasteiger partial charge in [-0.05, 0) is 25.3 Å². The molecule has 1 unspecified atom stereocenters. The smallest absolute Gasteiger partial charge is 0.299 e. The van der Waals surface area contributed by atoms with E-state index in [0.29, 0.717) is 0 Å². The van der Waals surface area contributed by atoms with Crippen molar-refractivity contribution in [1.29, 1.82) is 0 Å². The predicted octanol–water partition coefficient (Wildman–Crippen LogP) is 2.53. The molecule has 110 valence electrons. The van der Waals surface area contributed by atoms with E-state index in [1.54, 1.807) is 6.92 Å². The average molecular weight is 303 g/mol. The number of amides is 2. The molecule has 0 saturated heterocycles. The molecule has 2 amide bonds. The third kappa shape index (κ3) is 2.55. The molecule has 1 atom stereocenters. The molecule has 0 aromatic heterocycles. The van der Waals surface area contributed by atoms with Crippen molar-refractivity contribution in [2.75, 3.05) is 11.4 Å². The van der Waals surface area contributed by atoms with E-state index < -0.39 is 0 Å². The molecule has 6 heteroatoms. The molecule has 0 aliphatic carbocycles. The Hall–Kier alpha value is -1.82. The van der Waals surface area contributed by atoms with E-state index in [4.69, 9.17) is 0 Å². The van der Waals surface area contributed by atoms with Crippen molar-refractivity contribution >= 4 is 34.3 Å². The fraction of sp³-hybridized carbons (Fsp3) is 0.400. The first-order chi connectivity index (χ1) is 10.1. The van der Waals surface area contributed by atoms with Crippen molar-refractivity contribution in [2.45, 2.75) is 31.9 Å². The molecule has 5 nitrogen and oxygen atoms in total. The number of rotatable bonds is 1. The van der Waals surface area contributed by atoms with Crippen LogP contribution in [0.25, 0.3) is 0 Å². The van der Waals surface area contributed by atoms with Gasteiger partial charge in [-0.15, -0.1) is 0 Å². The van der Waals surface area contributed by atoms with E-state index >= 15 is 0 Å². The number of nitrogens with one attached hydrogen (secondary N) is 1. The number of hydrogen-bond donors (Lipinski definition) is 1. The van der Waals surface area contributed by atoms with Crippen molar-refractivity contribution in [3.8, 4) is 0 Å². The number of anilines is 1. The molecule has 1 aromatic rings. The third-order valence-corrected chi connectivity index (χ3v) is 4.69. The number of hydrazone groups is 1. The van der Waals surface area contributed by atoms with Crippen LogP contribution in [0.3, 0.4) is 0 Å². The Morgan fingerprint density at radius 2 is 2.29 bits per heavy atom. The van der Waals surface area contributed by atoms with Gasteiger partial charge in [0.2, 0.25) is 5.91 Å². The van der Waals surface area contributed by atoms with Crippen LogP contribution in [0.4, 0.5) is 10.5 Å². The van der Waals surface area contributed by atoms with Gasteiger partial charge in [-0.25, -0.2) is 5.43 Å². The summed E-state index contributed by atoms with van der Waals surface area (Å²) in [5.74, 6) is 0.0455. The molecule has 0 spiro atoms. The third-order valence-electron chi connectivity index (χ3n) is 3.81. The minimum Gasteiger partial charge on any atom is -0.312 e. The first kappa shape index (κ1) is 14.1. The largest absolute Gasteiger partial charge is 0.312 e. The van der Waals surface area contributed by atoms with Crippen LogP contribution >= 0.6 is 11.8 Å². The Kier molecular flexibility index (Phi) is 3.71. The summed E-state index contributed by atoms with van der Waals surface area (Å²) in [7, 11) is 0. The molecule has 1 N–H and O–H groups in total. The standard InChI is InChI=1S/C15H17N3O2S/c1-9-13(16-17-15(20)21-9)12-7-3-5-11-6-4-8-18(10(2)19)14(11)12/h3,5,7,9H,4,6,8H2,1-2H3,(H,17,20). The van der Waals surface area contributed by atoms with E-state index in [1.165, 1.54) is 17.3 Å². The maximum atomic E-state index is 11.9. The summed E-state index contributed by atoms with van der Waals surface area (Å²) >= 11 is 1.22. The highest BCUT2D eigenvalue weighted by atomic mass is 32.2. The van der Waals surface area contributed by atoms with Gasteiger partial charge in [0.05, 0.1) is 16.6 Å². The number of carbonyl (C=O) groups is 2. The van der Waals surface area contributed by atoms with Crippen molar-refractivity contribution in [2.24, 2.45) is 5.10 Å². The normalized spacial score (nSPS) is 21.4. The lowest BCUT2D eigenvalue weighted by Crippen LogP contribution is -2.37. The van der Waals surface area contributed by atoms with Gasteiger partial charge in [0.1, 0.15) is 0 Å². The highest BCUT2D eigenvalue weighted by molar-refractivity contribution is 8.14. The first-order valence-corrected chi connectivity index (χ1v) is 7.90. The van der Waals surface area contributed by atoms with Gasteiger partial charge in [0.15, 0.2) is 0 Å². The zero-order chi connectivity index (χ0) is 15.0. The fourth-order valence-corrected chi connectivity index (χ4v) is 3.60. The molecule has 2 aliphatic heterocycles. The SMILES string of the molecule is CC(=O)N1CCCc2cccc(C3=NNC(=O)SC3C)c21. The topological polar surface area (TPSA) is 61.8 Å². The van der Waals surface area contributed by atoms with Crippen LogP contribution in [0, 0.1) is 0 Å². The molecule has 21 heavy (non-hydrogen) atoms. The monoisotopic (exact) mass is 303 g/mol. The van der Waals surface area contributed by atoms with Gasteiger partial charge in [0, 0.05) is 19.0 Å². The van der Waals surface area contributed by atoms with E-state index in [1.807, 2.05) is 24.0 Å². The van der Waals surface area contributed by atoms with Gasteiger partial charge in [-0.1, -0.05) is 30.0 Å². The highest BCUT2D eigenvalue weighted by Crippen LogP contribution is 2.34. The lowest BCUT2D eigenvalue weighted by atomic mass is 9.94. The maximum absolute atomic E-state index is 11.9. The summed E-state index contributed by atoms with van der Waals surface area (Å²) in [6.45, 7) is 4.29. The van der Waals surface area contributed by atoms with Crippen LogP contribution in [-0.4, -0.2) is 28.7 Å². The number of nitrogens with zero attached hydrogens (tertiary/aromatic N) is 2. The molecule has 0 radical (unpaired) electrons. The summed E-state index contributed by atoms with van der Waals surface area (Å²) < 4.78 is 0. The number of thioether (sulfide) groups is 1. The van der Waals surface area contributed by atoms with E-state index in [0.717, 1.165) is 36.3 Å². The Morgan fingerprint density at radius 1 is 1.48 bits per heavy atom. The van der Waals surface area contributed by atoms with Crippen LogP contribution in [0.5, 0.6) is 0 Å². The summed E-state index contributed by atoms with van der Waals surface area (Å²) in [6.07, 6.45) is 1.94. The number of para-hydroxylation sites is 1. The number of hydrogen-bond acceptors (Lipinski definition) is 4. The van der Waals surface area contributed by atoms with E-state index in [-0.39, 0.29) is 16.4 Å². The molecule has 0 fully saturated rings. The quantitative estimate of drug-likeness (QED) is 0.867. The average Bonchev–Trinajstić information content (AvgIpc) is 2.46. The van der Waals surface area contributed by atoms with Crippen molar-refractivity contribution in [3.05, 3.63) is 29.3 Å². The number of aryl methyl sites for hydroxylation is 1.